The number of sulfonamides is 1. The number of halogens is 2. The maximum atomic E-state index is 13.2. The van der Waals surface area contributed by atoms with Gasteiger partial charge in [-0.25, -0.2) is 17.2 Å². The molecule has 5 nitrogen and oxygen atoms in total. The number of carbonyl (C=O) groups is 1. The predicted octanol–water partition coefficient (Wildman–Crippen LogP) is 1.70. The molecule has 0 N–H and O–H groups in total. The smallest absolute Gasteiger partial charge is 0.321 e. The highest BCUT2D eigenvalue weighted by atomic mass is 32.2. The minimum atomic E-state index is -4.16. The van der Waals surface area contributed by atoms with Crippen LogP contribution in [0, 0.1) is 11.6 Å². The fraction of sp³-hybridized carbons (Fsp3) is 0.308. The van der Waals surface area contributed by atoms with Crippen molar-refractivity contribution in [2.45, 2.75) is 11.8 Å². The standard InChI is InChI=1S/C13H15F2NO4S/c1-3-7-16(9-13(17)20-4-2)21(18,19)10-5-6-11(14)12(15)8-10/h3,5-6,8H,1,4,7,9H2,2H3. The van der Waals surface area contributed by atoms with E-state index in [9.17, 15) is 22.0 Å². The second-order valence-electron chi connectivity index (χ2n) is 3.97. The predicted molar refractivity (Wildman–Crippen MR) is 71.9 cm³/mol. The molecule has 0 heterocycles. The first kappa shape index (κ1) is 17.3. The molecule has 0 aromatic heterocycles. The summed E-state index contributed by atoms with van der Waals surface area (Å²) in [6, 6.07) is 2.19. The van der Waals surface area contributed by atoms with Gasteiger partial charge in [-0.2, -0.15) is 4.31 Å². The van der Waals surface area contributed by atoms with Gasteiger partial charge in [-0.15, -0.1) is 6.58 Å². The van der Waals surface area contributed by atoms with Gasteiger partial charge in [-0.1, -0.05) is 6.08 Å². The Morgan fingerprint density at radius 1 is 1.38 bits per heavy atom. The lowest BCUT2D eigenvalue weighted by Gasteiger charge is -2.19. The van der Waals surface area contributed by atoms with Gasteiger partial charge in [0.2, 0.25) is 10.0 Å². The zero-order valence-corrected chi connectivity index (χ0v) is 12.2. The molecule has 0 radical (unpaired) electrons. The molecule has 0 atom stereocenters. The zero-order valence-electron chi connectivity index (χ0n) is 11.4. The van der Waals surface area contributed by atoms with E-state index in [1.54, 1.807) is 6.92 Å². The van der Waals surface area contributed by atoms with Crippen molar-refractivity contribution in [1.29, 1.82) is 0 Å². The van der Waals surface area contributed by atoms with Crippen LogP contribution >= 0.6 is 0 Å². The molecule has 0 spiro atoms. The van der Waals surface area contributed by atoms with Crippen LogP contribution in [0.1, 0.15) is 6.92 Å². The number of carbonyl (C=O) groups excluding carboxylic acids is 1. The molecule has 1 aromatic carbocycles. The molecule has 8 heteroatoms. The summed E-state index contributed by atoms with van der Waals surface area (Å²) in [6.07, 6.45) is 1.27. The minimum Gasteiger partial charge on any atom is -0.465 e. The largest absolute Gasteiger partial charge is 0.465 e. The quantitative estimate of drug-likeness (QED) is 0.567. The van der Waals surface area contributed by atoms with Crippen molar-refractivity contribution in [2.75, 3.05) is 19.7 Å². The molecule has 1 rings (SSSR count). The summed E-state index contributed by atoms with van der Waals surface area (Å²) >= 11 is 0. The molecule has 0 bridgehead atoms. The summed E-state index contributed by atoms with van der Waals surface area (Å²) in [6.45, 7) is 4.38. The number of benzene rings is 1. The van der Waals surface area contributed by atoms with E-state index in [0.29, 0.717) is 12.1 Å². The second-order valence-corrected chi connectivity index (χ2v) is 5.91. The lowest BCUT2D eigenvalue weighted by atomic mass is 10.3. The van der Waals surface area contributed by atoms with Gasteiger partial charge in [-0.3, -0.25) is 4.79 Å². The monoisotopic (exact) mass is 319 g/mol. The highest BCUT2D eigenvalue weighted by Crippen LogP contribution is 2.18. The van der Waals surface area contributed by atoms with Crippen molar-refractivity contribution in [3.8, 4) is 0 Å². The van der Waals surface area contributed by atoms with Gasteiger partial charge in [0.1, 0.15) is 6.54 Å². The van der Waals surface area contributed by atoms with Crippen molar-refractivity contribution < 1.29 is 26.7 Å². The summed E-state index contributed by atoms with van der Waals surface area (Å²) < 4.78 is 56.1. The molecule has 1 aromatic rings. The van der Waals surface area contributed by atoms with E-state index < -0.39 is 39.1 Å². The lowest BCUT2D eigenvalue weighted by molar-refractivity contribution is -0.143. The Balaban J connectivity index is 3.11. The van der Waals surface area contributed by atoms with Crippen molar-refractivity contribution >= 4 is 16.0 Å². The summed E-state index contributed by atoms with van der Waals surface area (Å²) in [5.41, 5.74) is 0. The van der Waals surface area contributed by atoms with Crippen molar-refractivity contribution in [2.24, 2.45) is 0 Å². The highest BCUT2D eigenvalue weighted by molar-refractivity contribution is 7.89. The third-order valence-electron chi connectivity index (χ3n) is 2.47. The van der Waals surface area contributed by atoms with Crippen LogP contribution in [0.15, 0.2) is 35.7 Å². The zero-order chi connectivity index (χ0) is 16.0. The topological polar surface area (TPSA) is 63.7 Å². The van der Waals surface area contributed by atoms with Crippen molar-refractivity contribution in [3.05, 3.63) is 42.5 Å². The third kappa shape index (κ3) is 4.33. The molecular weight excluding hydrogens is 304 g/mol. The van der Waals surface area contributed by atoms with E-state index in [0.717, 1.165) is 10.4 Å². The average Bonchev–Trinajstić information content (AvgIpc) is 2.41. The van der Waals surface area contributed by atoms with Crippen LogP contribution in [-0.2, 0) is 19.6 Å². The van der Waals surface area contributed by atoms with Gasteiger partial charge < -0.3 is 4.74 Å². The number of nitrogens with zero attached hydrogens (tertiary/aromatic N) is 1. The molecule has 0 saturated heterocycles. The highest BCUT2D eigenvalue weighted by Gasteiger charge is 2.27. The van der Waals surface area contributed by atoms with Crippen LogP contribution < -0.4 is 0 Å². The van der Waals surface area contributed by atoms with Crippen molar-refractivity contribution in [1.82, 2.24) is 4.31 Å². The molecule has 0 amide bonds. The summed E-state index contributed by atoms with van der Waals surface area (Å²) in [5, 5.41) is 0. The first-order valence-corrected chi connectivity index (χ1v) is 7.48. The number of hydrogen-bond donors (Lipinski definition) is 0. The first-order chi connectivity index (χ1) is 9.82. The molecule has 116 valence electrons. The van der Waals surface area contributed by atoms with E-state index >= 15 is 0 Å². The summed E-state index contributed by atoms with van der Waals surface area (Å²) in [4.78, 5) is 11.0. The first-order valence-electron chi connectivity index (χ1n) is 6.04. The molecule has 0 unspecified atom stereocenters. The number of hydrogen-bond acceptors (Lipinski definition) is 4. The minimum absolute atomic E-state index is 0.103. The Labute approximate surface area is 121 Å². The Morgan fingerprint density at radius 3 is 2.57 bits per heavy atom. The molecule has 0 aliphatic heterocycles. The maximum Gasteiger partial charge on any atom is 0.321 e. The molecular formula is C13H15F2NO4S. The van der Waals surface area contributed by atoms with Crippen LogP contribution in [-0.4, -0.2) is 38.4 Å². The molecule has 0 aliphatic carbocycles. The van der Waals surface area contributed by atoms with Gasteiger partial charge >= 0.3 is 5.97 Å². The van der Waals surface area contributed by atoms with E-state index in [1.165, 1.54) is 6.08 Å². The van der Waals surface area contributed by atoms with Gasteiger partial charge in [0.15, 0.2) is 11.6 Å². The Kier molecular flexibility index (Phi) is 5.98. The Morgan fingerprint density at radius 2 is 2.05 bits per heavy atom. The average molecular weight is 319 g/mol. The number of esters is 1. The lowest BCUT2D eigenvalue weighted by Crippen LogP contribution is -2.36. The van der Waals surface area contributed by atoms with Crippen LogP contribution in [0.4, 0.5) is 8.78 Å². The van der Waals surface area contributed by atoms with Crippen LogP contribution in [0.3, 0.4) is 0 Å². The normalized spacial score (nSPS) is 11.4. The van der Waals surface area contributed by atoms with Gasteiger partial charge in [-0.05, 0) is 25.1 Å². The van der Waals surface area contributed by atoms with E-state index in [-0.39, 0.29) is 13.2 Å². The molecule has 0 saturated carbocycles. The Bertz CT molecular complexity index is 631. The Hall–Kier alpha value is -1.80. The van der Waals surface area contributed by atoms with Gasteiger partial charge in [0, 0.05) is 6.54 Å². The van der Waals surface area contributed by atoms with E-state index in [1.807, 2.05) is 0 Å². The van der Waals surface area contributed by atoms with Crippen molar-refractivity contribution in [3.63, 3.8) is 0 Å². The fourth-order valence-corrected chi connectivity index (χ4v) is 2.90. The number of rotatable bonds is 7. The van der Waals surface area contributed by atoms with Crippen LogP contribution in [0.25, 0.3) is 0 Å². The summed E-state index contributed by atoms with van der Waals surface area (Å²) in [5.74, 6) is -3.19. The maximum absolute atomic E-state index is 13.2. The second kappa shape index (κ2) is 7.28. The van der Waals surface area contributed by atoms with E-state index in [4.69, 9.17) is 0 Å². The SMILES string of the molecule is C=CCN(CC(=O)OCC)S(=O)(=O)c1ccc(F)c(F)c1. The van der Waals surface area contributed by atoms with Gasteiger partial charge in [0.05, 0.1) is 11.5 Å². The molecule has 0 aliphatic rings. The van der Waals surface area contributed by atoms with Crippen LogP contribution in [0.2, 0.25) is 0 Å². The van der Waals surface area contributed by atoms with E-state index in [2.05, 4.69) is 11.3 Å². The third-order valence-corrected chi connectivity index (χ3v) is 4.28. The number of ether oxygens (including phenoxy) is 1. The fourth-order valence-electron chi connectivity index (χ4n) is 1.53. The van der Waals surface area contributed by atoms with Crippen LogP contribution in [0.5, 0.6) is 0 Å². The molecule has 21 heavy (non-hydrogen) atoms. The summed E-state index contributed by atoms with van der Waals surface area (Å²) in [7, 11) is -4.16. The van der Waals surface area contributed by atoms with Gasteiger partial charge in [0.25, 0.3) is 0 Å². The molecule has 0 fully saturated rings.